The quantitative estimate of drug-likeness (QED) is 0.0136. The molecule has 0 spiro atoms. The predicted molar refractivity (Wildman–Crippen MR) is 222 cm³/mol. The van der Waals surface area contributed by atoms with Crippen LogP contribution < -0.4 is 24.4 Å². The number of aromatic nitrogens is 1. The molecule has 0 saturated heterocycles. The van der Waals surface area contributed by atoms with Crippen molar-refractivity contribution in [1.82, 2.24) is 4.98 Å². The molecule has 60 heavy (non-hydrogen) atoms. The van der Waals surface area contributed by atoms with E-state index in [4.69, 9.17) is 33.2 Å². The van der Waals surface area contributed by atoms with E-state index in [2.05, 4.69) is 35.2 Å². The van der Waals surface area contributed by atoms with E-state index < -0.39 is 36.1 Å². The van der Waals surface area contributed by atoms with E-state index in [0.717, 1.165) is 28.4 Å². The fourth-order valence-corrected chi connectivity index (χ4v) is 5.79. The van der Waals surface area contributed by atoms with Gasteiger partial charge in [0.2, 0.25) is 11.4 Å². The van der Waals surface area contributed by atoms with Gasteiger partial charge in [-0.25, -0.2) is 29.0 Å². The van der Waals surface area contributed by atoms with Crippen molar-refractivity contribution in [2.45, 2.75) is 25.6 Å². The molecule has 5 rings (SSSR count). The number of ether oxygens (including phenoxy) is 7. The van der Waals surface area contributed by atoms with Gasteiger partial charge in [0.1, 0.15) is 23.0 Å². The SMILES string of the molecule is C=CC(=O)OCCCCCOC(COc1ccc(C(=O)Oc2ccc(OC(=O)c3ccc(OC(=O)C=C)cc3)cc2/C=N/Nc2nc3ccccc3s2)cc1)OC(=O)C=C. The predicted octanol–water partition coefficient (Wildman–Crippen LogP) is 7.62. The molecule has 5 aromatic rings. The maximum Gasteiger partial charge on any atom is 0.343 e. The van der Waals surface area contributed by atoms with Gasteiger partial charge in [-0.2, -0.15) is 5.10 Å². The monoisotopic (exact) mass is 833 g/mol. The highest BCUT2D eigenvalue weighted by Crippen LogP contribution is 2.28. The summed E-state index contributed by atoms with van der Waals surface area (Å²) in [6, 6.07) is 23.8. The molecule has 1 heterocycles. The second-order valence-corrected chi connectivity index (χ2v) is 13.2. The van der Waals surface area contributed by atoms with Gasteiger partial charge in [0.25, 0.3) is 0 Å². The largest absolute Gasteiger partial charge is 0.487 e. The molecule has 0 amide bonds. The summed E-state index contributed by atoms with van der Waals surface area (Å²) in [5, 5.41) is 4.81. The van der Waals surface area contributed by atoms with E-state index >= 15 is 0 Å². The number of fused-ring (bicyclic) bond motifs is 1. The Morgan fingerprint density at radius 3 is 2.05 bits per heavy atom. The van der Waals surface area contributed by atoms with Gasteiger partial charge in [0.05, 0.1) is 40.8 Å². The molecule has 0 aliphatic carbocycles. The van der Waals surface area contributed by atoms with Crippen LogP contribution >= 0.6 is 11.3 Å². The van der Waals surface area contributed by atoms with Crippen molar-refractivity contribution in [2.24, 2.45) is 5.10 Å². The van der Waals surface area contributed by atoms with Crippen LogP contribution in [0.5, 0.6) is 23.0 Å². The zero-order chi connectivity index (χ0) is 42.7. The topological polar surface area (TPSA) is 187 Å². The molecule has 4 aromatic carbocycles. The van der Waals surface area contributed by atoms with Crippen LogP contribution in [0.15, 0.2) is 134 Å². The third-order valence-corrected chi connectivity index (χ3v) is 8.86. The Kier molecular flexibility index (Phi) is 16.4. The van der Waals surface area contributed by atoms with E-state index in [1.54, 1.807) is 0 Å². The Morgan fingerprint density at radius 2 is 1.35 bits per heavy atom. The van der Waals surface area contributed by atoms with Crippen LogP contribution in [-0.4, -0.2) is 67.2 Å². The number of hydrazone groups is 1. The number of thiazole rings is 1. The summed E-state index contributed by atoms with van der Waals surface area (Å²) >= 11 is 1.40. The van der Waals surface area contributed by atoms with Crippen molar-refractivity contribution in [3.63, 3.8) is 0 Å². The first-order valence-corrected chi connectivity index (χ1v) is 19.1. The van der Waals surface area contributed by atoms with Gasteiger partial charge in [0, 0.05) is 23.8 Å². The molecule has 16 heteroatoms. The summed E-state index contributed by atoms with van der Waals surface area (Å²) in [7, 11) is 0. The van der Waals surface area contributed by atoms with Crippen molar-refractivity contribution in [2.75, 3.05) is 25.2 Å². The molecular weight excluding hydrogens is 795 g/mol. The number of hydrogen-bond donors (Lipinski definition) is 1. The number of para-hydroxylation sites is 1. The van der Waals surface area contributed by atoms with Gasteiger partial charge in [-0.05, 0) is 98.1 Å². The summed E-state index contributed by atoms with van der Waals surface area (Å²) in [4.78, 5) is 65.4. The average Bonchev–Trinajstić information content (AvgIpc) is 3.69. The van der Waals surface area contributed by atoms with E-state index in [9.17, 15) is 24.0 Å². The lowest BCUT2D eigenvalue weighted by atomic mass is 10.2. The first-order chi connectivity index (χ1) is 29.1. The van der Waals surface area contributed by atoms with Crippen molar-refractivity contribution in [3.8, 4) is 23.0 Å². The smallest absolute Gasteiger partial charge is 0.343 e. The Morgan fingerprint density at radius 1 is 0.700 bits per heavy atom. The molecule has 1 atom stereocenters. The number of carbonyl (C=O) groups is 5. The Hall–Kier alpha value is -7.43. The minimum Gasteiger partial charge on any atom is -0.487 e. The van der Waals surface area contributed by atoms with Crippen molar-refractivity contribution < 1.29 is 57.1 Å². The second-order valence-electron chi connectivity index (χ2n) is 12.2. The molecule has 308 valence electrons. The number of esters is 5. The zero-order valence-electron chi connectivity index (χ0n) is 32.1. The van der Waals surface area contributed by atoms with Gasteiger partial charge >= 0.3 is 29.8 Å². The summed E-state index contributed by atoms with van der Waals surface area (Å²) in [5.74, 6) is -2.43. The molecule has 0 aliphatic heterocycles. The molecular formula is C44H39N3O12S. The van der Waals surface area contributed by atoms with Crippen LogP contribution in [0, 0.1) is 0 Å². The van der Waals surface area contributed by atoms with Crippen LogP contribution in [-0.2, 0) is 28.6 Å². The number of benzene rings is 4. The highest BCUT2D eigenvalue weighted by atomic mass is 32.1. The highest BCUT2D eigenvalue weighted by molar-refractivity contribution is 7.22. The standard InChI is InChI=1S/C44H39N3O12S/c1-4-38(48)53-24-10-7-11-25-54-41(59-40(50)6-3)28-55-32-18-14-30(15-19-32)43(52)58-36-23-22-34(57-42(51)29-16-20-33(21-17-29)56-39(49)5-2)26-31(36)27-45-47-44-46-35-12-8-9-13-37(35)60-44/h4-6,8-9,12-23,26-27,41H,1-3,7,10-11,24-25,28H2,(H,46,47)/b45-27+. The first-order valence-electron chi connectivity index (χ1n) is 18.3. The molecule has 1 N–H and O–H groups in total. The van der Waals surface area contributed by atoms with Crippen LogP contribution in [0.2, 0.25) is 0 Å². The van der Waals surface area contributed by atoms with Crippen LogP contribution in [0.1, 0.15) is 45.5 Å². The minimum absolute atomic E-state index is 0.102. The van der Waals surface area contributed by atoms with Gasteiger partial charge in [-0.3, -0.25) is 5.43 Å². The van der Waals surface area contributed by atoms with Crippen LogP contribution in [0.4, 0.5) is 5.13 Å². The zero-order valence-corrected chi connectivity index (χ0v) is 32.9. The van der Waals surface area contributed by atoms with Gasteiger partial charge in [-0.15, -0.1) is 0 Å². The fourth-order valence-electron chi connectivity index (χ4n) is 4.98. The summed E-state index contributed by atoms with van der Waals surface area (Å²) < 4.78 is 39.0. The maximum atomic E-state index is 13.3. The molecule has 0 radical (unpaired) electrons. The van der Waals surface area contributed by atoms with Gasteiger partial charge < -0.3 is 33.2 Å². The lowest BCUT2D eigenvalue weighted by molar-refractivity contribution is -0.179. The van der Waals surface area contributed by atoms with E-state index in [-0.39, 0.29) is 53.8 Å². The number of unbranched alkanes of at least 4 members (excludes halogenated alkanes) is 2. The summed E-state index contributed by atoms with van der Waals surface area (Å²) in [5.41, 5.74) is 4.33. The third-order valence-electron chi connectivity index (χ3n) is 7.92. The molecule has 1 aromatic heterocycles. The Labute approximate surface area is 348 Å². The van der Waals surface area contributed by atoms with Crippen molar-refractivity contribution >= 4 is 62.7 Å². The number of carbonyl (C=O) groups excluding carboxylic acids is 5. The normalized spacial score (nSPS) is 11.2. The molecule has 0 fully saturated rings. The van der Waals surface area contributed by atoms with E-state index in [0.29, 0.717) is 30.1 Å². The molecule has 0 bridgehead atoms. The van der Waals surface area contributed by atoms with Gasteiger partial charge in [-0.1, -0.05) is 43.2 Å². The number of nitrogens with one attached hydrogen (secondary N) is 1. The highest BCUT2D eigenvalue weighted by Gasteiger charge is 2.17. The lowest BCUT2D eigenvalue weighted by Gasteiger charge is -2.18. The third kappa shape index (κ3) is 13.6. The van der Waals surface area contributed by atoms with Gasteiger partial charge in [0.15, 0.2) is 6.61 Å². The Balaban J connectivity index is 1.23. The first kappa shape index (κ1) is 43.7. The van der Waals surface area contributed by atoms with E-state index in [1.165, 1.54) is 84.3 Å². The number of anilines is 1. The van der Waals surface area contributed by atoms with Crippen molar-refractivity contribution in [1.29, 1.82) is 0 Å². The second kappa shape index (κ2) is 22.5. The maximum absolute atomic E-state index is 13.3. The fraction of sp³-hybridized carbons (Fsp3) is 0.159. The lowest BCUT2D eigenvalue weighted by Crippen LogP contribution is -2.28. The number of rotatable bonds is 22. The van der Waals surface area contributed by atoms with Crippen LogP contribution in [0.25, 0.3) is 10.2 Å². The van der Waals surface area contributed by atoms with Crippen molar-refractivity contribution in [3.05, 3.63) is 146 Å². The molecule has 1 unspecified atom stereocenters. The number of nitrogens with zero attached hydrogens (tertiary/aromatic N) is 2. The Bertz CT molecular complexity index is 2320. The summed E-state index contributed by atoms with van der Waals surface area (Å²) in [6.07, 6.45) is 5.41. The minimum atomic E-state index is -1.04. The molecule has 15 nitrogen and oxygen atoms in total. The number of hydrogen-bond acceptors (Lipinski definition) is 16. The van der Waals surface area contributed by atoms with E-state index in [1.807, 2.05) is 24.3 Å². The summed E-state index contributed by atoms with van der Waals surface area (Å²) in [6.45, 7) is 10.5. The molecule has 0 aliphatic rings. The average molecular weight is 834 g/mol. The van der Waals surface area contributed by atoms with Crippen LogP contribution in [0.3, 0.4) is 0 Å². The molecule has 0 saturated carbocycles.